The van der Waals surface area contributed by atoms with E-state index in [2.05, 4.69) is 18.8 Å². The van der Waals surface area contributed by atoms with Crippen LogP contribution in [0.4, 0.5) is 0 Å². The maximum Gasteiger partial charge on any atom is 0.310 e. The van der Waals surface area contributed by atoms with E-state index in [4.69, 9.17) is 4.74 Å². The van der Waals surface area contributed by atoms with E-state index in [1.165, 1.54) is 25.7 Å². The molecule has 152 valence electrons. The Balaban J connectivity index is 1.56. The van der Waals surface area contributed by atoms with Crippen molar-refractivity contribution < 1.29 is 14.6 Å². The number of nitrogens with zero attached hydrogens (tertiary/aromatic N) is 2. The number of rotatable bonds is 7. The summed E-state index contributed by atoms with van der Waals surface area (Å²) in [5.41, 5.74) is 1.66. The summed E-state index contributed by atoms with van der Waals surface area (Å²) in [7, 11) is 0. The summed E-state index contributed by atoms with van der Waals surface area (Å²) >= 11 is 0. The number of aromatic nitrogens is 2. The number of carbonyl (C=O) groups excluding carboxylic acids is 1. The molecule has 0 aliphatic heterocycles. The van der Waals surface area contributed by atoms with Crippen molar-refractivity contribution in [2.45, 2.75) is 77.2 Å². The second kappa shape index (κ2) is 9.76. The fourth-order valence-corrected chi connectivity index (χ4v) is 4.15. The number of benzene rings is 1. The topological polar surface area (TPSA) is 64.4 Å². The highest BCUT2D eigenvalue weighted by Crippen LogP contribution is 2.37. The quantitative estimate of drug-likeness (QED) is 0.543. The molecule has 1 aliphatic rings. The summed E-state index contributed by atoms with van der Waals surface area (Å²) in [6, 6.07) is 5.78. The molecule has 1 aromatic carbocycles. The third-order valence-electron chi connectivity index (χ3n) is 5.64. The number of esters is 1. The highest BCUT2D eigenvalue weighted by atomic mass is 16.5. The van der Waals surface area contributed by atoms with Gasteiger partial charge in [-0.3, -0.25) is 4.79 Å². The van der Waals surface area contributed by atoms with Crippen molar-refractivity contribution in [2.75, 3.05) is 6.61 Å². The Kier molecular flexibility index (Phi) is 7.12. The maximum absolute atomic E-state index is 12.3. The Hall–Kier alpha value is -2.30. The van der Waals surface area contributed by atoms with Crippen molar-refractivity contribution in [3.8, 4) is 5.75 Å². The molecular formula is C23H32N2O3. The van der Waals surface area contributed by atoms with E-state index >= 15 is 0 Å². The van der Waals surface area contributed by atoms with Crippen LogP contribution in [0.2, 0.25) is 0 Å². The van der Waals surface area contributed by atoms with E-state index < -0.39 is 0 Å². The van der Waals surface area contributed by atoms with Gasteiger partial charge in [0.05, 0.1) is 13.0 Å². The normalized spacial score (nSPS) is 15.5. The summed E-state index contributed by atoms with van der Waals surface area (Å²) in [6.45, 7) is 5.08. The maximum atomic E-state index is 12.3. The number of carbonyl (C=O) groups is 1. The first-order valence-electron chi connectivity index (χ1n) is 10.5. The molecule has 3 rings (SSSR count). The van der Waals surface area contributed by atoms with Crippen LogP contribution < -0.4 is 0 Å². The Morgan fingerprint density at radius 1 is 1.25 bits per heavy atom. The summed E-state index contributed by atoms with van der Waals surface area (Å²) < 4.78 is 7.43. The molecule has 28 heavy (non-hydrogen) atoms. The zero-order valence-electron chi connectivity index (χ0n) is 17.1. The van der Waals surface area contributed by atoms with Crippen LogP contribution >= 0.6 is 0 Å². The third-order valence-corrected chi connectivity index (χ3v) is 5.64. The average Bonchev–Trinajstić information content (AvgIpc) is 2.97. The van der Waals surface area contributed by atoms with Crippen LogP contribution in [0.25, 0.3) is 0 Å². The second-order valence-electron chi connectivity index (χ2n) is 8.07. The molecule has 0 saturated heterocycles. The van der Waals surface area contributed by atoms with Crippen LogP contribution in [-0.4, -0.2) is 27.2 Å². The number of para-hydroxylation sites is 1. The standard InChI is InChI=1S/C23H32N2O3/c1-17(2)23-24-12-13-25(23)14-15-28-21(26)16-19-10-7-11-20(22(19)27)18-8-5-3-4-6-9-18/h7,10-13,17-18,27H,3-6,8-9,14-16H2,1-2H3. The molecule has 1 aromatic heterocycles. The fourth-order valence-electron chi connectivity index (χ4n) is 4.15. The molecule has 1 fully saturated rings. The third kappa shape index (κ3) is 5.15. The molecular weight excluding hydrogens is 352 g/mol. The van der Waals surface area contributed by atoms with Crippen molar-refractivity contribution >= 4 is 5.97 Å². The number of phenolic OH excluding ortho intramolecular Hbond substituents is 1. The van der Waals surface area contributed by atoms with Crippen molar-refractivity contribution in [2.24, 2.45) is 0 Å². The fraction of sp³-hybridized carbons (Fsp3) is 0.565. The van der Waals surface area contributed by atoms with Gasteiger partial charge in [0.1, 0.15) is 18.2 Å². The number of imidazole rings is 1. The minimum absolute atomic E-state index is 0.105. The van der Waals surface area contributed by atoms with Gasteiger partial charge in [-0.05, 0) is 24.3 Å². The van der Waals surface area contributed by atoms with E-state index in [9.17, 15) is 9.90 Å². The van der Waals surface area contributed by atoms with Gasteiger partial charge in [-0.1, -0.05) is 57.7 Å². The van der Waals surface area contributed by atoms with E-state index in [-0.39, 0.29) is 18.1 Å². The molecule has 1 saturated carbocycles. The van der Waals surface area contributed by atoms with E-state index in [1.54, 1.807) is 6.20 Å². The van der Waals surface area contributed by atoms with Gasteiger partial charge in [0.15, 0.2) is 0 Å². The molecule has 0 unspecified atom stereocenters. The van der Waals surface area contributed by atoms with Gasteiger partial charge in [-0.2, -0.15) is 0 Å². The average molecular weight is 385 g/mol. The summed E-state index contributed by atoms with van der Waals surface area (Å²) in [5.74, 6) is 1.69. The number of aromatic hydroxyl groups is 1. The van der Waals surface area contributed by atoms with Crippen LogP contribution in [0.5, 0.6) is 5.75 Å². The van der Waals surface area contributed by atoms with Crippen molar-refractivity contribution in [1.29, 1.82) is 0 Å². The first-order chi connectivity index (χ1) is 13.6. The van der Waals surface area contributed by atoms with Crippen molar-refractivity contribution in [1.82, 2.24) is 9.55 Å². The van der Waals surface area contributed by atoms with Gasteiger partial charge < -0.3 is 14.4 Å². The lowest BCUT2D eigenvalue weighted by Gasteiger charge is -2.18. The molecule has 2 aromatic rings. The lowest BCUT2D eigenvalue weighted by atomic mass is 9.89. The highest BCUT2D eigenvalue weighted by Gasteiger charge is 2.20. The minimum Gasteiger partial charge on any atom is -0.507 e. The van der Waals surface area contributed by atoms with Gasteiger partial charge in [-0.25, -0.2) is 4.98 Å². The molecule has 1 heterocycles. The number of hydrogen-bond donors (Lipinski definition) is 1. The summed E-state index contributed by atoms with van der Waals surface area (Å²) in [6.07, 6.45) is 11.0. The largest absolute Gasteiger partial charge is 0.507 e. The summed E-state index contributed by atoms with van der Waals surface area (Å²) in [4.78, 5) is 16.6. The smallest absolute Gasteiger partial charge is 0.310 e. The first kappa shape index (κ1) is 20.4. The SMILES string of the molecule is CC(C)c1nccn1CCOC(=O)Cc1cccc(C2CCCCCC2)c1O. The molecule has 5 nitrogen and oxygen atoms in total. The predicted molar refractivity (Wildman–Crippen MR) is 110 cm³/mol. The van der Waals surface area contributed by atoms with Crippen molar-refractivity contribution in [3.05, 3.63) is 47.5 Å². The molecule has 0 spiro atoms. The second-order valence-corrected chi connectivity index (χ2v) is 8.07. The monoisotopic (exact) mass is 384 g/mol. The molecule has 5 heteroatoms. The zero-order chi connectivity index (χ0) is 19.9. The highest BCUT2D eigenvalue weighted by molar-refractivity contribution is 5.73. The lowest BCUT2D eigenvalue weighted by Crippen LogP contribution is -2.15. The van der Waals surface area contributed by atoms with Gasteiger partial charge >= 0.3 is 5.97 Å². The van der Waals surface area contributed by atoms with Crippen LogP contribution in [0.15, 0.2) is 30.6 Å². The van der Waals surface area contributed by atoms with Gasteiger partial charge in [-0.15, -0.1) is 0 Å². The Morgan fingerprint density at radius 3 is 2.71 bits per heavy atom. The molecule has 0 amide bonds. The minimum atomic E-state index is -0.306. The molecule has 1 N–H and O–H groups in total. The van der Waals surface area contributed by atoms with Gasteiger partial charge in [0, 0.05) is 23.9 Å². The van der Waals surface area contributed by atoms with Crippen molar-refractivity contribution in [3.63, 3.8) is 0 Å². The van der Waals surface area contributed by atoms with E-state index in [0.717, 1.165) is 24.2 Å². The first-order valence-corrected chi connectivity index (χ1v) is 10.5. The van der Waals surface area contributed by atoms with E-state index in [1.807, 2.05) is 29.0 Å². The van der Waals surface area contributed by atoms with Crippen LogP contribution in [0, 0.1) is 0 Å². The molecule has 0 bridgehead atoms. The number of phenols is 1. The zero-order valence-corrected chi connectivity index (χ0v) is 17.1. The molecule has 0 radical (unpaired) electrons. The Labute approximate surface area is 167 Å². The van der Waals surface area contributed by atoms with Gasteiger partial charge in [0.25, 0.3) is 0 Å². The van der Waals surface area contributed by atoms with E-state index in [0.29, 0.717) is 30.6 Å². The number of ether oxygens (including phenoxy) is 1. The Morgan fingerprint density at radius 2 is 2.00 bits per heavy atom. The summed E-state index contributed by atoms with van der Waals surface area (Å²) in [5, 5.41) is 10.7. The predicted octanol–water partition coefficient (Wildman–Crippen LogP) is 4.94. The van der Waals surface area contributed by atoms with Crippen LogP contribution in [-0.2, 0) is 22.5 Å². The Bertz CT molecular complexity index is 774. The molecule has 1 aliphatic carbocycles. The number of hydrogen-bond acceptors (Lipinski definition) is 4. The molecule has 0 atom stereocenters. The van der Waals surface area contributed by atoms with Gasteiger partial charge in [0.2, 0.25) is 0 Å². The van der Waals surface area contributed by atoms with Crippen LogP contribution in [0.3, 0.4) is 0 Å². The van der Waals surface area contributed by atoms with Crippen LogP contribution in [0.1, 0.15) is 81.2 Å². The lowest BCUT2D eigenvalue weighted by molar-refractivity contribution is -0.143.